The summed E-state index contributed by atoms with van der Waals surface area (Å²) in [5.41, 5.74) is 9.02. The third kappa shape index (κ3) is 5.22. The second-order valence-electron chi connectivity index (χ2n) is 6.34. The van der Waals surface area contributed by atoms with E-state index >= 15 is 0 Å². The zero-order valence-corrected chi connectivity index (χ0v) is 18.5. The monoisotopic (exact) mass is 362 g/mol. The van der Waals surface area contributed by atoms with Crippen molar-refractivity contribution in [1.82, 2.24) is 0 Å². The Labute approximate surface area is 168 Å². The summed E-state index contributed by atoms with van der Waals surface area (Å²) < 4.78 is 0. The number of hydrogen-bond acceptors (Lipinski definition) is 0. The molecular weight excluding hydrogens is 324 g/mol. The average Bonchev–Trinajstić information content (AvgIpc) is 3.03. The first kappa shape index (κ1) is 23.0. The van der Waals surface area contributed by atoms with Crippen molar-refractivity contribution < 1.29 is 0 Å². The molecule has 0 amide bonds. The van der Waals surface area contributed by atoms with Gasteiger partial charge in [0, 0.05) is 5.92 Å². The second-order valence-corrected chi connectivity index (χ2v) is 6.34. The van der Waals surface area contributed by atoms with Crippen LogP contribution in [0.4, 0.5) is 0 Å². The van der Waals surface area contributed by atoms with E-state index in [1.165, 1.54) is 29.5 Å². The topological polar surface area (TPSA) is 0 Å². The van der Waals surface area contributed by atoms with Gasteiger partial charge in [0.25, 0.3) is 0 Å². The highest BCUT2D eigenvalue weighted by Gasteiger charge is 2.30. The minimum atomic E-state index is 0.469. The summed E-state index contributed by atoms with van der Waals surface area (Å²) in [7, 11) is 0. The maximum Gasteiger partial charge on any atom is 0.00785 e. The van der Waals surface area contributed by atoms with Crippen LogP contribution in [0.15, 0.2) is 71.8 Å². The molecule has 0 heteroatoms. The van der Waals surface area contributed by atoms with Gasteiger partial charge in [-0.25, -0.2) is 0 Å². The SMILES string of the molecule is CC.CC.CCCC1=C(c2ccccc2)C(C)C(c2ccccc2)=C1CC. The van der Waals surface area contributed by atoms with E-state index in [1.807, 2.05) is 27.7 Å². The van der Waals surface area contributed by atoms with Gasteiger partial charge in [-0.05, 0) is 46.3 Å². The first-order valence-corrected chi connectivity index (χ1v) is 10.8. The van der Waals surface area contributed by atoms with E-state index in [4.69, 9.17) is 0 Å². The third-order valence-electron chi connectivity index (χ3n) is 4.90. The van der Waals surface area contributed by atoms with Crippen LogP contribution in [-0.2, 0) is 0 Å². The maximum atomic E-state index is 2.38. The Hall–Kier alpha value is -2.08. The highest BCUT2D eigenvalue weighted by molar-refractivity contribution is 5.94. The van der Waals surface area contributed by atoms with Gasteiger partial charge in [-0.3, -0.25) is 0 Å². The van der Waals surface area contributed by atoms with E-state index in [0.717, 1.165) is 6.42 Å². The molecule has 0 N–H and O–H groups in total. The third-order valence-corrected chi connectivity index (χ3v) is 4.90. The van der Waals surface area contributed by atoms with Crippen molar-refractivity contribution in [3.05, 3.63) is 82.9 Å². The lowest BCUT2D eigenvalue weighted by Gasteiger charge is -2.16. The molecular formula is C27H38. The van der Waals surface area contributed by atoms with Crippen molar-refractivity contribution in [2.24, 2.45) is 5.92 Å². The Morgan fingerprint density at radius 3 is 1.41 bits per heavy atom. The van der Waals surface area contributed by atoms with Crippen LogP contribution in [0, 0.1) is 5.92 Å². The van der Waals surface area contributed by atoms with Crippen LogP contribution in [-0.4, -0.2) is 0 Å². The molecule has 27 heavy (non-hydrogen) atoms. The largest absolute Gasteiger partial charge is 0.0683 e. The van der Waals surface area contributed by atoms with Crippen LogP contribution in [0.1, 0.15) is 78.9 Å². The first-order chi connectivity index (χ1) is 13.3. The first-order valence-electron chi connectivity index (χ1n) is 10.8. The van der Waals surface area contributed by atoms with Crippen molar-refractivity contribution >= 4 is 11.1 Å². The van der Waals surface area contributed by atoms with Crippen LogP contribution in [0.3, 0.4) is 0 Å². The van der Waals surface area contributed by atoms with Crippen LogP contribution in [0.25, 0.3) is 11.1 Å². The number of hydrogen-bond donors (Lipinski definition) is 0. The minimum absolute atomic E-state index is 0.469. The quantitative estimate of drug-likeness (QED) is 0.498. The Morgan fingerprint density at radius 1 is 0.630 bits per heavy atom. The molecule has 0 saturated carbocycles. The Balaban J connectivity index is 0.000000855. The summed E-state index contributed by atoms with van der Waals surface area (Å²) in [5.74, 6) is 0.469. The van der Waals surface area contributed by atoms with Gasteiger partial charge in [0.2, 0.25) is 0 Å². The summed E-state index contributed by atoms with van der Waals surface area (Å²) in [6.07, 6.45) is 3.48. The molecule has 3 rings (SSSR count). The number of allylic oxidation sites excluding steroid dienone is 4. The number of benzene rings is 2. The molecule has 1 aliphatic rings. The Kier molecular flexibility index (Phi) is 10.5. The second kappa shape index (κ2) is 12.3. The van der Waals surface area contributed by atoms with Crippen LogP contribution in [0.2, 0.25) is 0 Å². The van der Waals surface area contributed by atoms with Crippen LogP contribution < -0.4 is 0 Å². The minimum Gasteiger partial charge on any atom is -0.0683 e. The molecule has 0 aromatic heterocycles. The van der Waals surface area contributed by atoms with Gasteiger partial charge in [0.15, 0.2) is 0 Å². The van der Waals surface area contributed by atoms with Crippen molar-refractivity contribution in [3.8, 4) is 0 Å². The molecule has 2 aromatic rings. The number of rotatable bonds is 5. The lowest BCUT2D eigenvalue weighted by atomic mass is 9.88. The smallest absolute Gasteiger partial charge is 0.00785 e. The molecule has 1 aliphatic carbocycles. The van der Waals surface area contributed by atoms with Gasteiger partial charge in [0.05, 0.1) is 0 Å². The van der Waals surface area contributed by atoms with E-state index in [9.17, 15) is 0 Å². The fourth-order valence-electron chi connectivity index (χ4n) is 4.02. The highest BCUT2D eigenvalue weighted by atomic mass is 14.3. The highest BCUT2D eigenvalue weighted by Crippen LogP contribution is 2.49. The molecule has 0 radical (unpaired) electrons. The average molecular weight is 363 g/mol. The molecule has 0 fully saturated rings. The summed E-state index contributed by atoms with van der Waals surface area (Å²) in [4.78, 5) is 0. The molecule has 0 spiro atoms. The van der Waals surface area contributed by atoms with Gasteiger partial charge >= 0.3 is 0 Å². The van der Waals surface area contributed by atoms with Gasteiger partial charge in [-0.15, -0.1) is 0 Å². The van der Waals surface area contributed by atoms with Crippen LogP contribution in [0.5, 0.6) is 0 Å². The van der Waals surface area contributed by atoms with Gasteiger partial charge in [0.1, 0.15) is 0 Å². The summed E-state index contributed by atoms with van der Waals surface area (Å²) in [6.45, 7) is 15.0. The van der Waals surface area contributed by atoms with Crippen molar-refractivity contribution in [2.75, 3.05) is 0 Å². The van der Waals surface area contributed by atoms with Crippen molar-refractivity contribution in [1.29, 1.82) is 0 Å². The van der Waals surface area contributed by atoms with Crippen LogP contribution >= 0.6 is 0 Å². The summed E-state index contributed by atoms with van der Waals surface area (Å²) in [5, 5.41) is 0. The Bertz CT molecular complexity index is 717. The molecule has 0 nitrogen and oxygen atoms in total. The van der Waals surface area contributed by atoms with E-state index < -0.39 is 0 Å². The lowest BCUT2D eigenvalue weighted by molar-refractivity contribution is 0.900. The molecule has 0 saturated heterocycles. The van der Waals surface area contributed by atoms with E-state index in [2.05, 4.69) is 81.4 Å². The molecule has 0 heterocycles. The fourth-order valence-corrected chi connectivity index (χ4v) is 4.02. The molecule has 146 valence electrons. The zero-order chi connectivity index (χ0) is 20.2. The lowest BCUT2D eigenvalue weighted by Crippen LogP contribution is -1.99. The van der Waals surface area contributed by atoms with Crippen molar-refractivity contribution in [2.45, 2.75) is 67.7 Å². The van der Waals surface area contributed by atoms with E-state index in [-0.39, 0.29) is 0 Å². The normalized spacial score (nSPS) is 15.7. The molecule has 1 unspecified atom stereocenters. The van der Waals surface area contributed by atoms with Gasteiger partial charge < -0.3 is 0 Å². The predicted molar refractivity (Wildman–Crippen MR) is 124 cm³/mol. The zero-order valence-electron chi connectivity index (χ0n) is 18.5. The summed E-state index contributed by atoms with van der Waals surface area (Å²) >= 11 is 0. The van der Waals surface area contributed by atoms with Gasteiger partial charge in [-0.1, -0.05) is 116 Å². The molecule has 2 aromatic carbocycles. The maximum absolute atomic E-state index is 2.38. The molecule has 0 bridgehead atoms. The molecule has 0 aliphatic heterocycles. The van der Waals surface area contributed by atoms with Crippen molar-refractivity contribution in [3.63, 3.8) is 0 Å². The van der Waals surface area contributed by atoms with Gasteiger partial charge in [-0.2, -0.15) is 0 Å². The van der Waals surface area contributed by atoms with E-state index in [1.54, 1.807) is 16.7 Å². The van der Waals surface area contributed by atoms with E-state index in [0.29, 0.717) is 5.92 Å². The fraction of sp³-hybridized carbons (Fsp3) is 0.407. The standard InChI is InChI=1S/C23H26.2C2H6/c1-4-12-21-20(5-2)22(18-13-8-6-9-14-18)17(3)23(21)19-15-10-7-11-16-19;2*1-2/h6-11,13-17H,4-5,12H2,1-3H3;2*1-2H3. The Morgan fingerprint density at radius 2 is 1.04 bits per heavy atom. The predicted octanol–water partition coefficient (Wildman–Crippen LogP) is 8.81. The molecule has 1 atom stereocenters. The summed E-state index contributed by atoms with van der Waals surface area (Å²) in [6, 6.07) is 21.9.